The second-order valence-electron chi connectivity index (χ2n) is 5.16. The van der Waals surface area contributed by atoms with E-state index in [1.807, 2.05) is 6.92 Å². The number of rotatable bonds is 2. The van der Waals surface area contributed by atoms with Crippen LogP contribution in [-0.2, 0) is 4.57 Å². The monoisotopic (exact) mass is 342 g/mol. The van der Waals surface area contributed by atoms with Gasteiger partial charge in [-0.15, -0.1) is 0 Å². The first kappa shape index (κ1) is 19.9. The molecule has 0 aromatic heterocycles. The molecule has 3 rings (SSSR count). The first-order valence-corrected chi connectivity index (χ1v) is 7.98. The minimum Gasteiger partial charge on any atom is -0.665 e. The molecule has 2 aliphatic rings. The molecule has 0 spiro atoms. The van der Waals surface area contributed by atoms with Crippen LogP contribution in [-0.4, -0.2) is 21.3 Å². The third-order valence-electron chi connectivity index (χ3n) is 3.38. The van der Waals surface area contributed by atoms with Gasteiger partial charge in [-0.3, -0.25) is 0 Å². The van der Waals surface area contributed by atoms with Gasteiger partial charge in [0, 0.05) is 11.5 Å². The minimum absolute atomic E-state index is 0. The first-order chi connectivity index (χ1) is 9.72. The molecule has 118 valence electrons. The quantitative estimate of drug-likeness (QED) is 0.379. The number of hydrogen-bond donors (Lipinski definition) is 3. The summed E-state index contributed by atoms with van der Waals surface area (Å²) in [6.45, 7) is 2.54. The molecule has 0 amide bonds. The number of ether oxygens (including phenoxy) is 2. The van der Waals surface area contributed by atoms with Crippen LogP contribution in [0.25, 0.3) is 0 Å². The number of halogens is 1. The summed E-state index contributed by atoms with van der Waals surface area (Å²) in [7, 11) is -1.15. The van der Waals surface area contributed by atoms with Crippen molar-refractivity contribution in [2.24, 2.45) is 0 Å². The maximum Gasteiger partial charge on any atom is 1.00 e. The van der Waals surface area contributed by atoms with Crippen LogP contribution < -0.4 is 39.0 Å². The van der Waals surface area contributed by atoms with Gasteiger partial charge >= 0.3 is 37.4 Å². The minimum atomic E-state index is -4.64. The van der Waals surface area contributed by atoms with Crippen molar-refractivity contribution < 1.29 is 62.7 Å². The van der Waals surface area contributed by atoms with Gasteiger partial charge in [-0.05, 0) is 30.4 Å². The Balaban J connectivity index is 0.000000356. The molecule has 1 aromatic carbocycles. The first-order valence-electron chi connectivity index (χ1n) is 6.41. The van der Waals surface area contributed by atoms with E-state index < -0.39 is 7.82 Å². The van der Waals surface area contributed by atoms with Gasteiger partial charge in [-0.25, -0.2) is 8.96 Å². The molecule has 3 N–H and O–H groups in total. The average Bonchev–Trinajstić information content (AvgIpc) is 3.12. The number of benzene rings is 1. The Bertz CT molecular complexity index is 578. The molecule has 22 heavy (non-hydrogen) atoms. The van der Waals surface area contributed by atoms with E-state index in [0.717, 1.165) is 29.7 Å². The van der Waals surface area contributed by atoms with E-state index in [1.165, 1.54) is 0 Å². The molecule has 1 aromatic rings. The van der Waals surface area contributed by atoms with Crippen molar-refractivity contribution in [3.63, 3.8) is 0 Å². The third kappa shape index (κ3) is 4.93. The topological polar surface area (TPSA) is 96.2 Å². The summed E-state index contributed by atoms with van der Waals surface area (Å²) in [5.41, 5.74) is 1.82. The van der Waals surface area contributed by atoms with Crippen LogP contribution >= 0.6 is 7.82 Å². The summed E-state index contributed by atoms with van der Waals surface area (Å²) in [4.78, 5) is 21.6. The van der Waals surface area contributed by atoms with E-state index in [1.54, 1.807) is 6.07 Å². The van der Waals surface area contributed by atoms with Crippen molar-refractivity contribution >= 4 is 7.82 Å². The van der Waals surface area contributed by atoms with E-state index >= 15 is 0 Å². The number of hydrogen-bond acceptors (Lipinski definition) is 3. The molecule has 1 unspecified atom stereocenters. The molecule has 0 radical (unpaired) electrons. The molecule has 1 aliphatic carbocycles. The van der Waals surface area contributed by atoms with Crippen LogP contribution in [0.1, 0.15) is 42.7 Å². The van der Waals surface area contributed by atoms with Gasteiger partial charge in [0.2, 0.25) is 0 Å². The predicted molar refractivity (Wildman–Crippen MR) is 72.5 cm³/mol. The van der Waals surface area contributed by atoms with E-state index in [0.29, 0.717) is 18.3 Å². The summed E-state index contributed by atoms with van der Waals surface area (Å²) >= 11 is 0. The summed E-state index contributed by atoms with van der Waals surface area (Å²) in [5.74, 6) is 1.46. The van der Waals surface area contributed by atoms with Crippen molar-refractivity contribution in [3.8, 4) is 11.5 Å². The van der Waals surface area contributed by atoms with E-state index in [9.17, 15) is 4.39 Å². The molecule has 0 saturated heterocycles. The Kier molecular flexibility index (Phi) is 6.89. The number of phosphoric acid groups is 1. The molecule has 1 aliphatic heterocycles. The van der Waals surface area contributed by atoms with Crippen molar-refractivity contribution in [1.82, 2.24) is 0 Å². The smallest absolute Gasteiger partial charge is 0.665 e. The third-order valence-corrected chi connectivity index (χ3v) is 3.38. The van der Waals surface area contributed by atoms with E-state index in [4.69, 9.17) is 28.7 Å². The van der Waals surface area contributed by atoms with Gasteiger partial charge in [0.05, 0.1) is 12.4 Å². The standard InChI is InChI=1S/C13H14FO2.Na.H3O4P/c1-7-6-16-13-10(14)5-9(8-3-4-8)12(15-2)11(7)13;;1-5(2,3)4/h5,7-8H,2-4,6H2,1H3;;(H3,1,2,3,4)/q-1;+1;. The molecule has 9 heteroatoms. The molecule has 1 saturated carbocycles. The molecule has 0 bridgehead atoms. The molecule has 1 atom stereocenters. The van der Waals surface area contributed by atoms with Crippen molar-refractivity contribution in [1.29, 1.82) is 0 Å². The Morgan fingerprint density at radius 2 is 1.95 bits per heavy atom. The van der Waals surface area contributed by atoms with Crippen LogP contribution in [0.15, 0.2) is 6.07 Å². The van der Waals surface area contributed by atoms with Crippen LogP contribution in [0.3, 0.4) is 0 Å². The molecular formula is C13H17FNaO6P. The van der Waals surface area contributed by atoms with Crippen molar-refractivity contribution in [3.05, 3.63) is 30.1 Å². The Labute approximate surface area is 150 Å². The summed E-state index contributed by atoms with van der Waals surface area (Å²) in [6.07, 6.45) is 2.23. The Morgan fingerprint density at radius 1 is 1.41 bits per heavy atom. The SMILES string of the molecule is O=P(O)(O)O.[CH2-]Oc1c(C2CC2)cc(F)c2c1C(C)CO2.[Na+]. The summed E-state index contributed by atoms with van der Waals surface area (Å²) in [6, 6.07) is 1.55. The van der Waals surface area contributed by atoms with Gasteiger partial charge in [-0.1, -0.05) is 6.92 Å². The van der Waals surface area contributed by atoms with Crippen molar-refractivity contribution in [2.45, 2.75) is 31.6 Å². The Morgan fingerprint density at radius 3 is 2.41 bits per heavy atom. The van der Waals surface area contributed by atoms with Gasteiger partial charge in [0.1, 0.15) is 0 Å². The van der Waals surface area contributed by atoms with Gasteiger partial charge in [0.25, 0.3) is 0 Å². The van der Waals surface area contributed by atoms with Crippen LogP contribution in [0.4, 0.5) is 4.39 Å². The maximum atomic E-state index is 13.8. The van der Waals surface area contributed by atoms with Crippen LogP contribution in [0, 0.1) is 12.9 Å². The molecule has 1 heterocycles. The van der Waals surface area contributed by atoms with Gasteiger partial charge in [0.15, 0.2) is 11.6 Å². The average molecular weight is 342 g/mol. The zero-order valence-electron chi connectivity index (χ0n) is 12.5. The largest absolute Gasteiger partial charge is 1.00 e. The normalized spacial score (nSPS) is 19.3. The summed E-state index contributed by atoms with van der Waals surface area (Å²) in [5, 5.41) is 0. The van der Waals surface area contributed by atoms with Crippen LogP contribution in [0.2, 0.25) is 0 Å². The van der Waals surface area contributed by atoms with E-state index in [-0.39, 0.29) is 41.3 Å². The van der Waals surface area contributed by atoms with Crippen molar-refractivity contribution in [2.75, 3.05) is 6.61 Å². The maximum absolute atomic E-state index is 13.8. The second kappa shape index (κ2) is 7.62. The summed E-state index contributed by atoms with van der Waals surface area (Å²) < 4.78 is 33.3. The fourth-order valence-corrected chi connectivity index (χ4v) is 2.40. The zero-order chi connectivity index (χ0) is 15.8. The second-order valence-corrected chi connectivity index (χ2v) is 6.19. The van der Waals surface area contributed by atoms with Crippen LogP contribution in [0.5, 0.6) is 11.5 Å². The van der Waals surface area contributed by atoms with Gasteiger partial charge in [-0.2, -0.15) is 7.11 Å². The Hall–Kier alpha value is -0.140. The fraction of sp³-hybridized carbons (Fsp3) is 0.462. The zero-order valence-corrected chi connectivity index (χ0v) is 15.3. The van der Waals surface area contributed by atoms with Gasteiger partial charge < -0.3 is 24.2 Å². The molecule has 1 fully saturated rings. The number of fused-ring (bicyclic) bond motifs is 1. The van der Waals surface area contributed by atoms with E-state index in [2.05, 4.69) is 7.11 Å². The molecular weight excluding hydrogens is 325 g/mol. The molecule has 6 nitrogen and oxygen atoms in total. The predicted octanol–water partition coefficient (Wildman–Crippen LogP) is -0.555. The fourth-order valence-electron chi connectivity index (χ4n) is 2.40.